The third-order valence-electron chi connectivity index (χ3n) is 3.50. The van der Waals surface area contributed by atoms with Gasteiger partial charge in [-0.2, -0.15) is 0 Å². The number of benzene rings is 1. The Labute approximate surface area is 134 Å². The Balaban J connectivity index is 2.65. The van der Waals surface area contributed by atoms with Crippen LogP contribution in [-0.2, 0) is 9.53 Å². The quantitative estimate of drug-likeness (QED) is 0.562. The third-order valence-corrected chi connectivity index (χ3v) is 3.50. The Morgan fingerprint density at radius 2 is 1.68 bits per heavy atom. The van der Waals surface area contributed by atoms with Crippen molar-refractivity contribution in [3.8, 4) is 0 Å². The van der Waals surface area contributed by atoms with Crippen molar-refractivity contribution in [2.24, 2.45) is 5.92 Å². The smallest absolute Gasteiger partial charge is 0.309 e. The zero-order chi connectivity index (χ0) is 16.9. The molecule has 1 atom stereocenters. The molecule has 0 aromatic heterocycles. The lowest BCUT2D eigenvalue weighted by Crippen LogP contribution is -2.27. The van der Waals surface area contributed by atoms with E-state index >= 15 is 0 Å². The van der Waals surface area contributed by atoms with Crippen LogP contribution in [0.5, 0.6) is 0 Å². The van der Waals surface area contributed by atoms with Gasteiger partial charge in [-0.05, 0) is 38.7 Å². The van der Waals surface area contributed by atoms with Gasteiger partial charge in [0.15, 0.2) is 5.78 Å². The highest BCUT2D eigenvalue weighted by Gasteiger charge is 2.23. The van der Waals surface area contributed by atoms with Gasteiger partial charge < -0.3 is 4.74 Å². The first-order chi connectivity index (χ1) is 10.1. The zero-order valence-corrected chi connectivity index (χ0v) is 14.6. The van der Waals surface area contributed by atoms with Crippen molar-refractivity contribution in [3.63, 3.8) is 0 Å². The molecule has 0 spiro atoms. The highest BCUT2D eigenvalue weighted by molar-refractivity contribution is 5.97. The highest BCUT2D eigenvalue weighted by Crippen LogP contribution is 2.22. The average molecular weight is 304 g/mol. The summed E-state index contributed by atoms with van der Waals surface area (Å²) < 4.78 is 5.35. The molecule has 0 aliphatic heterocycles. The lowest BCUT2D eigenvalue weighted by Gasteiger charge is -2.22. The van der Waals surface area contributed by atoms with E-state index in [1.165, 1.54) is 0 Å². The molecule has 0 unspecified atom stereocenters. The fourth-order valence-electron chi connectivity index (χ4n) is 2.26. The van der Waals surface area contributed by atoms with E-state index < -0.39 is 5.60 Å². The summed E-state index contributed by atoms with van der Waals surface area (Å²) in [6, 6.07) is 7.71. The lowest BCUT2D eigenvalue weighted by molar-refractivity contribution is -0.159. The molecule has 0 saturated heterocycles. The largest absolute Gasteiger partial charge is 0.460 e. The Morgan fingerprint density at radius 1 is 1.09 bits per heavy atom. The predicted octanol–water partition coefficient (Wildman–Crippen LogP) is 4.75. The summed E-state index contributed by atoms with van der Waals surface area (Å²) in [5, 5.41) is 0. The van der Waals surface area contributed by atoms with Gasteiger partial charge in [0, 0.05) is 12.0 Å². The van der Waals surface area contributed by atoms with Gasteiger partial charge >= 0.3 is 5.97 Å². The van der Waals surface area contributed by atoms with Crippen LogP contribution in [0, 0.1) is 5.92 Å². The van der Waals surface area contributed by atoms with Crippen LogP contribution < -0.4 is 0 Å². The number of carbonyl (C=O) groups excluding carboxylic acids is 2. The molecule has 0 aliphatic rings. The lowest BCUT2D eigenvalue weighted by atomic mass is 9.92. The molecule has 0 fully saturated rings. The van der Waals surface area contributed by atoms with Crippen LogP contribution in [0.3, 0.4) is 0 Å². The van der Waals surface area contributed by atoms with E-state index in [0.29, 0.717) is 18.8 Å². The highest BCUT2D eigenvalue weighted by atomic mass is 16.6. The Morgan fingerprint density at radius 3 is 2.23 bits per heavy atom. The van der Waals surface area contributed by atoms with Crippen molar-refractivity contribution < 1.29 is 14.3 Å². The first-order valence-electron chi connectivity index (χ1n) is 7.97. The van der Waals surface area contributed by atoms with E-state index in [4.69, 9.17) is 4.74 Å². The number of ether oxygens (including phenoxy) is 1. The molecule has 1 rings (SSSR count). The predicted molar refractivity (Wildman–Crippen MR) is 89.1 cm³/mol. The molecule has 0 saturated carbocycles. The molecule has 3 heteroatoms. The normalized spacial score (nSPS) is 13.0. The standard InChI is InChI=1S/C19H28O3/c1-13(2)15-9-7-8-10-16(15)17(20)12-11-14(3)18(21)22-19(4,5)6/h7-10,13-14H,11-12H2,1-6H3/t14-/m1/s1. The van der Waals surface area contributed by atoms with E-state index in [2.05, 4.69) is 13.8 Å². The molecule has 1 aromatic rings. The molecule has 3 nitrogen and oxygen atoms in total. The van der Waals surface area contributed by atoms with Gasteiger partial charge in [-0.15, -0.1) is 0 Å². The Kier molecular flexibility index (Phi) is 6.34. The van der Waals surface area contributed by atoms with Crippen molar-refractivity contribution in [3.05, 3.63) is 35.4 Å². The first kappa shape index (κ1) is 18.4. The molecule has 0 bridgehead atoms. The van der Waals surface area contributed by atoms with Gasteiger partial charge in [0.1, 0.15) is 5.60 Å². The van der Waals surface area contributed by atoms with Crippen LogP contribution in [0.1, 0.15) is 76.2 Å². The van der Waals surface area contributed by atoms with Gasteiger partial charge in [-0.3, -0.25) is 9.59 Å². The maximum atomic E-state index is 12.4. The fourth-order valence-corrected chi connectivity index (χ4v) is 2.26. The van der Waals surface area contributed by atoms with Crippen LogP contribution in [0.4, 0.5) is 0 Å². The van der Waals surface area contributed by atoms with E-state index in [-0.39, 0.29) is 17.7 Å². The van der Waals surface area contributed by atoms with Gasteiger partial charge in [0.2, 0.25) is 0 Å². The number of carbonyl (C=O) groups is 2. The number of rotatable bonds is 6. The summed E-state index contributed by atoms with van der Waals surface area (Å²) in [7, 11) is 0. The summed E-state index contributed by atoms with van der Waals surface area (Å²) in [5.74, 6) is -0.102. The van der Waals surface area contributed by atoms with Crippen LogP contribution >= 0.6 is 0 Å². The minimum Gasteiger partial charge on any atom is -0.460 e. The van der Waals surface area contributed by atoms with E-state index in [9.17, 15) is 9.59 Å². The Hall–Kier alpha value is -1.64. The maximum absolute atomic E-state index is 12.4. The molecule has 0 radical (unpaired) electrons. The molecule has 0 N–H and O–H groups in total. The summed E-state index contributed by atoms with van der Waals surface area (Å²) in [5.41, 5.74) is 1.35. The topological polar surface area (TPSA) is 43.4 Å². The van der Waals surface area contributed by atoms with Crippen LogP contribution in [0.15, 0.2) is 24.3 Å². The molecule has 1 aromatic carbocycles. The van der Waals surface area contributed by atoms with Gasteiger partial charge in [-0.25, -0.2) is 0 Å². The van der Waals surface area contributed by atoms with Crippen LogP contribution in [0.25, 0.3) is 0 Å². The molecule has 22 heavy (non-hydrogen) atoms. The molecular formula is C19H28O3. The molecule has 122 valence electrons. The summed E-state index contributed by atoms with van der Waals surface area (Å²) in [6.45, 7) is 11.5. The maximum Gasteiger partial charge on any atom is 0.309 e. The summed E-state index contributed by atoms with van der Waals surface area (Å²) >= 11 is 0. The van der Waals surface area contributed by atoms with Gasteiger partial charge in [0.05, 0.1) is 5.92 Å². The van der Waals surface area contributed by atoms with Crippen molar-refractivity contribution >= 4 is 11.8 Å². The molecule has 0 aliphatic carbocycles. The van der Waals surface area contributed by atoms with E-state index in [1.54, 1.807) is 0 Å². The SMILES string of the molecule is CC(C)c1ccccc1C(=O)CC[C@@H](C)C(=O)OC(C)(C)C. The first-order valence-corrected chi connectivity index (χ1v) is 7.97. The van der Waals surface area contributed by atoms with Gasteiger partial charge in [0.25, 0.3) is 0 Å². The van der Waals surface area contributed by atoms with Crippen molar-refractivity contribution in [1.82, 2.24) is 0 Å². The second-order valence-corrected chi connectivity index (χ2v) is 7.14. The number of hydrogen-bond donors (Lipinski definition) is 0. The fraction of sp³-hybridized carbons (Fsp3) is 0.579. The number of esters is 1. The van der Waals surface area contributed by atoms with Crippen molar-refractivity contribution in [2.45, 2.75) is 65.9 Å². The summed E-state index contributed by atoms with van der Waals surface area (Å²) in [6.07, 6.45) is 0.879. The molecular weight excluding hydrogens is 276 g/mol. The Bertz CT molecular complexity index is 524. The molecule has 0 heterocycles. The minimum atomic E-state index is -0.487. The van der Waals surface area contributed by atoms with E-state index in [1.807, 2.05) is 52.0 Å². The van der Waals surface area contributed by atoms with Crippen molar-refractivity contribution in [1.29, 1.82) is 0 Å². The third kappa shape index (κ3) is 5.63. The molecule has 0 amide bonds. The summed E-state index contributed by atoms with van der Waals surface area (Å²) in [4.78, 5) is 24.4. The second-order valence-electron chi connectivity index (χ2n) is 7.14. The minimum absolute atomic E-state index is 0.0970. The van der Waals surface area contributed by atoms with Crippen LogP contribution in [0.2, 0.25) is 0 Å². The monoisotopic (exact) mass is 304 g/mol. The average Bonchev–Trinajstić information content (AvgIpc) is 2.42. The van der Waals surface area contributed by atoms with E-state index in [0.717, 1.165) is 11.1 Å². The van der Waals surface area contributed by atoms with Crippen molar-refractivity contribution in [2.75, 3.05) is 0 Å². The number of Topliss-reactive ketones (excluding diaryl/α,β-unsaturated/α-hetero) is 1. The number of ketones is 1. The number of hydrogen-bond acceptors (Lipinski definition) is 3. The van der Waals surface area contributed by atoms with Gasteiger partial charge in [-0.1, -0.05) is 45.0 Å². The van der Waals surface area contributed by atoms with Crippen LogP contribution in [-0.4, -0.2) is 17.4 Å². The second kappa shape index (κ2) is 7.57. The zero-order valence-electron chi connectivity index (χ0n) is 14.6.